The molecule has 1 saturated heterocycles. The van der Waals surface area contributed by atoms with Gasteiger partial charge in [0.15, 0.2) is 0 Å². The van der Waals surface area contributed by atoms with Crippen molar-refractivity contribution < 1.29 is 22.4 Å². The number of hydrogen-bond acceptors (Lipinski definition) is 7. The lowest BCUT2D eigenvalue weighted by molar-refractivity contribution is 0.112. The summed E-state index contributed by atoms with van der Waals surface area (Å²) in [6, 6.07) is 14.0. The van der Waals surface area contributed by atoms with Crippen LogP contribution >= 0.6 is 0 Å². The number of benzene rings is 2. The van der Waals surface area contributed by atoms with Gasteiger partial charge in [-0.2, -0.15) is 5.26 Å². The van der Waals surface area contributed by atoms with Crippen LogP contribution in [0.1, 0.15) is 29.4 Å². The van der Waals surface area contributed by atoms with E-state index in [2.05, 4.69) is 10.5 Å². The van der Waals surface area contributed by atoms with Crippen molar-refractivity contribution in [1.82, 2.24) is 5.32 Å². The number of alkyl halides is 1. The van der Waals surface area contributed by atoms with Gasteiger partial charge < -0.3 is 14.9 Å². The molecular weight excluding hydrogens is 409 g/mol. The number of nitriles is 1. The monoisotopic (exact) mass is 431 g/mol. The molecule has 9 heteroatoms. The molecule has 0 aromatic heterocycles. The second kappa shape index (κ2) is 10.2. The summed E-state index contributed by atoms with van der Waals surface area (Å²) in [7, 11) is -4.05. The molecule has 1 atom stereocenters. The minimum Gasteiger partial charge on any atom is -0.491 e. The van der Waals surface area contributed by atoms with Crippen LogP contribution in [-0.2, 0) is 14.7 Å². The third-order valence-corrected chi connectivity index (χ3v) is 6.41. The molecular formula is C21H22FN3O4S. The Bertz CT molecular complexity index is 1020. The van der Waals surface area contributed by atoms with Crippen LogP contribution in [0.5, 0.6) is 5.75 Å². The number of nitrogens with zero attached hydrogens (tertiary/aromatic N) is 2. The highest BCUT2D eigenvalue weighted by atomic mass is 32.2. The molecule has 0 saturated carbocycles. The molecule has 1 heterocycles. The number of ether oxygens (including phenoxy) is 1. The van der Waals surface area contributed by atoms with Crippen molar-refractivity contribution in [2.75, 3.05) is 26.4 Å². The second-order valence-electron chi connectivity index (χ2n) is 6.60. The van der Waals surface area contributed by atoms with E-state index in [1.54, 1.807) is 18.2 Å². The Morgan fingerprint density at radius 1 is 1.13 bits per heavy atom. The molecule has 0 aliphatic carbocycles. The van der Waals surface area contributed by atoms with E-state index in [1.807, 2.05) is 6.07 Å². The third-order valence-electron chi connectivity index (χ3n) is 4.57. The number of nitrogens with one attached hydrogen (secondary N) is 1. The number of sulfone groups is 1. The van der Waals surface area contributed by atoms with Crippen LogP contribution in [-0.4, -0.2) is 40.5 Å². The Morgan fingerprint density at radius 3 is 2.50 bits per heavy atom. The van der Waals surface area contributed by atoms with E-state index in [4.69, 9.17) is 9.57 Å². The molecule has 1 N–H and O–H groups in total. The van der Waals surface area contributed by atoms with E-state index < -0.39 is 21.9 Å². The summed E-state index contributed by atoms with van der Waals surface area (Å²) in [5.74, 6) is 0.358. The van der Waals surface area contributed by atoms with E-state index >= 15 is 0 Å². The van der Waals surface area contributed by atoms with Crippen LogP contribution in [0.2, 0.25) is 0 Å². The molecule has 1 unspecified atom stereocenters. The molecule has 0 spiro atoms. The highest BCUT2D eigenvalue weighted by Crippen LogP contribution is 2.33. The summed E-state index contributed by atoms with van der Waals surface area (Å²) in [6.45, 7) is 0.736. The summed E-state index contributed by atoms with van der Waals surface area (Å²) < 4.78 is 44.2. The maximum absolute atomic E-state index is 13.4. The first-order chi connectivity index (χ1) is 14.6. The van der Waals surface area contributed by atoms with Gasteiger partial charge in [0.05, 0.1) is 22.2 Å². The van der Waals surface area contributed by atoms with Crippen LogP contribution in [0.25, 0.3) is 0 Å². The fourth-order valence-corrected chi connectivity index (χ4v) is 4.48. The zero-order valence-electron chi connectivity index (χ0n) is 16.3. The molecule has 7 nitrogen and oxygen atoms in total. The van der Waals surface area contributed by atoms with Crippen molar-refractivity contribution in [3.8, 4) is 11.8 Å². The van der Waals surface area contributed by atoms with E-state index in [1.165, 1.54) is 30.3 Å². The normalized spacial score (nSPS) is 15.1. The van der Waals surface area contributed by atoms with Crippen molar-refractivity contribution in [2.24, 2.45) is 5.16 Å². The van der Waals surface area contributed by atoms with Crippen molar-refractivity contribution in [2.45, 2.75) is 23.2 Å². The van der Waals surface area contributed by atoms with Gasteiger partial charge in [-0.15, -0.1) is 0 Å². The van der Waals surface area contributed by atoms with Gasteiger partial charge in [-0.05, 0) is 30.3 Å². The smallest absolute Gasteiger partial charge is 0.257 e. The summed E-state index contributed by atoms with van der Waals surface area (Å²) in [5, 5.41) is 16.7. The Labute approximate surface area is 175 Å². The van der Waals surface area contributed by atoms with Gasteiger partial charge in [-0.3, -0.25) is 0 Å². The van der Waals surface area contributed by atoms with Crippen molar-refractivity contribution in [1.29, 1.82) is 5.26 Å². The Morgan fingerprint density at radius 2 is 1.83 bits per heavy atom. The summed E-state index contributed by atoms with van der Waals surface area (Å²) in [4.78, 5) is 5.55. The lowest BCUT2D eigenvalue weighted by atomic mass is 10.1. The number of hydrogen-bond donors (Lipinski definition) is 1. The summed E-state index contributed by atoms with van der Waals surface area (Å²) >= 11 is 0. The maximum Gasteiger partial charge on any atom is 0.257 e. The predicted molar refractivity (Wildman–Crippen MR) is 110 cm³/mol. The van der Waals surface area contributed by atoms with Crippen LogP contribution in [0.15, 0.2) is 58.6 Å². The third kappa shape index (κ3) is 5.14. The molecule has 1 aliphatic rings. The summed E-state index contributed by atoms with van der Waals surface area (Å²) in [6.07, 6.45) is 1.32. The molecule has 1 aliphatic heterocycles. The highest BCUT2D eigenvalue weighted by Gasteiger charge is 2.33. The second-order valence-corrected chi connectivity index (χ2v) is 8.59. The zero-order chi connectivity index (χ0) is 21.4. The fraction of sp³-hybridized carbons (Fsp3) is 0.333. The number of piperidine rings is 1. The molecule has 3 rings (SSSR count). The number of halogens is 1. The first-order valence-electron chi connectivity index (χ1n) is 9.50. The first kappa shape index (κ1) is 21.7. The first-order valence-corrected chi connectivity index (χ1v) is 11.0. The van der Waals surface area contributed by atoms with Gasteiger partial charge in [-0.25, -0.2) is 12.8 Å². The highest BCUT2D eigenvalue weighted by molar-refractivity contribution is 7.91. The van der Waals surface area contributed by atoms with Gasteiger partial charge >= 0.3 is 0 Å². The minimum absolute atomic E-state index is 0.0154. The van der Waals surface area contributed by atoms with Gasteiger partial charge in [0, 0.05) is 31.5 Å². The molecule has 30 heavy (non-hydrogen) atoms. The van der Waals surface area contributed by atoms with Crippen LogP contribution in [0.4, 0.5) is 4.39 Å². The van der Waals surface area contributed by atoms with Crippen molar-refractivity contribution >= 4 is 15.5 Å². The van der Waals surface area contributed by atoms with Crippen LogP contribution < -0.4 is 10.1 Å². The molecule has 2 aromatic carbocycles. The minimum atomic E-state index is -4.05. The SMILES string of the molecule is N#Cc1ccccc1C(ON=C1CCNCC1)S(=O)(=O)c1ccc(OCCF)cc1. The van der Waals surface area contributed by atoms with Gasteiger partial charge in [0.1, 0.15) is 19.0 Å². The average molecular weight is 431 g/mol. The standard InChI is InChI=1S/C21H22FN3O4S/c22-11-14-28-18-5-7-19(8-6-18)30(26,27)21(20-4-2-1-3-16(20)15-23)29-25-17-9-12-24-13-10-17/h1-8,21,24H,9-14H2. The lowest BCUT2D eigenvalue weighted by Gasteiger charge is -2.20. The van der Waals surface area contributed by atoms with E-state index in [9.17, 15) is 18.1 Å². The van der Waals surface area contributed by atoms with Crippen LogP contribution in [0, 0.1) is 11.3 Å². The predicted octanol–water partition coefficient (Wildman–Crippen LogP) is 3.14. The number of rotatable bonds is 8. The van der Waals surface area contributed by atoms with Gasteiger partial charge in [-0.1, -0.05) is 23.4 Å². The maximum atomic E-state index is 13.4. The van der Waals surface area contributed by atoms with E-state index in [0.29, 0.717) is 18.6 Å². The van der Waals surface area contributed by atoms with Crippen LogP contribution in [0.3, 0.4) is 0 Å². The van der Waals surface area contributed by atoms with Crippen molar-refractivity contribution in [3.63, 3.8) is 0 Å². The number of oxime groups is 1. The largest absolute Gasteiger partial charge is 0.491 e. The Hall–Kier alpha value is -2.96. The topological polar surface area (TPSA) is 101 Å². The molecule has 0 bridgehead atoms. The Balaban J connectivity index is 1.96. The summed E-state index contributed by atoms with van der Waals surface area (Å²) in [5.41, 5.74) is -0.303. The molecule has 1 fully saturated rings. The van der Waals surface area contributed by atoms with E-state index in [-0.39, 0.29) is 22.6 Å². The lowest BCUT2D eigenvalue weighted by Crippen LogP contribution is -2.28. The zero-order valence-corrected chi connectivity index (χ0v) is 17.1. The molecule has 0 radical (unpaired) electrons. The van der Waals surface area contributed by atoms with E-state index in [0.717, 1.165) is 18.8 Å². The Kier molecular flexibility index (Phi) is 7.38. The molecule has 2 aromatic rings. The average Bonchev–Trinajstić information content (AvgIpc) is 2.79. The van der Waals surface area contributed by atoms with Gasteiger partial charge in [0.2, 0.25) is 9.84 Å². The molecule has 158 valence electrons. The molecule has 0 amide bonds. The quantitative estimate of drug-likeness (QED) is 0.645. The van der Waals surface area contributed by atoms with Crippen molar-refractivity contribution in [3.05, 3.63) is 59.7 Å². The van der Waals surface area contributed by atoms with Gasteiger partial charge in [0.25, 0.3) is 5.44 Å². The fourth-order valence-electron chi connectivity index (χ4n) is 3.02.